The van der Waals surface area contributed by atoms with Gasteiger partial charge in [-0.05, 0) is 60.4 Å². The van der Waals surface area contributed by atoms with Crippen molar-refractivity contribution in [2.75, 3.05) is 0 Å². The van der Waals surface area contributed by atoms with Crippen molar-refractivity contribution in [2.24, 2.45) is 7.05 Å². The summed E-state index contributed by atoms with van der Waals surface area (Å²) in [6.07, 6.45) is 2.22. The largest absolute Gasteiger partial charge is 0.455 e. The Morgan fingerprint density at radius 1 is 0.697 bits per heavy atom. The van der Waals surface area contributed by atoms with Gasteiger partial charge in [0.2, 0.25) is 5.69 Å². The first-order valence-electron chi connectivity index (χ1n) is 11.4. The van der Waals surface area contributed by atoms with E-state index in [2.05, 4.69) is 117 Å². The predicted octanol–water partition coefficient (Wildman–Crippen LogP) is 7.82. The third-order valence-corrected chi connectivity index (χ3v) is 6.78. The molecule has 0 fully saturated rings. The molecule has 0 unspecified atom stereocenters. The van der Waals surface area contributed by atoms with Gasteiger partial charge in [-0.1, -0.05) is 66.2 Å². The Hall–Kier alpha value is -3.91. The second-order valence-corrected chi connectivity index (χ2v) is 9.17. The molecule has 2 heteroatoms. The number of fused-ring (bicyclic) bond motifs is 4. The summed E-state index contributed by atoms with van der Waals surface area (Å²) < 4.78 is 8.79. The molecule has 2 nitrogen and oxygen atoms in total. The molecule has 0 amide bonds. The zero-order chi connectivity index (χ0) is 22.7. The fraction of sp³-hybridized carbons (Fsp3) is 0.129. The zero-order valence-electron chi connectivity index (χ0n) is 19.4. The standard InChI is InChI=1S/C31H26NO/c1-19-10-12-23-16-29-27(15-24(23)14-19)25-13-11-20(2)30(31(25)33-29)28-17-26(21(3)18-32(28)4)22-8-6-5-7-9-22/h5-18H,1-4H3/q+1. The molecule has 0 aliphatic rings. The number of aryl methyl sites for hydroxylation is 4. The molecule has 0 aliphatic heterocycles. The van der Waals surface area contributed by atoms with Gasteiger partial charge >= 0.3 is 0 Å². The van der Waals surface area contributed by atoms with Crippen LogP contribution in [0.3, 0.4) is 0 Å². The minimum absolute atomic E-state index is 0.936. The molecule has 0 N–H and O–H groups in total. The molecule has 0 bridgehead atoms. The van der Waals surface area contributed by atoms with Crippen LogP contribution in [0.15, 0.2) is 89.5 Å². The highest BCUT2D eigenvalue weighted by Crippen LogP contribution is 2.39. The van der Waals surface area contributed by atoms with E-state index in [4.69, 9.17) is 4.42 Å². The van der Waals surface area contributed by atoms with E-state index in [9.17, 15) is 0 Å². The fourth-order valence-electron chi connectivity index (χ4n) is 5.08. The van der Waals surface area contributed by atoms with Crippen LogP contribution in [0.1, 0.15) is 16.7 Å². The maximum atomic E-state index is 6.57. The van der Waals surface area contributed by atoms with Crippen LogP contribution in [0.2, 0.25) is 0 Å². The molecule has 33 heavy (non-hydrogen) atoms. The quantitative estimate of drug-likeness (QED) is 0.257. The topological polar surface area (TPSA) is 17.0 Å². The maximum absolute atomic E-state index is 6.57. The number of nitrogens with zero attached hydrogens (tertiary/aromatic N) is 1. The van der Waals surface area contributed by atoms with E-state index in [1.165, 1.54) is 44.0 Å². The summed E-state index contributed by atoms with van der Waals surface area (Å²) in [6, 6.07) is 28.4. The first-order chi connectivity index (χ1) is 16.0. The van der Waals surface area contributed by atoms with Crippen molar-refractivity contribution in [3.63, 3.8) is 0 Å². The van der Waals surface area contributed by atoms with Crippen LogP contribution in [0.4, 0.5) is 0 Å². The van der Waals surface area contributed by atoms with Crippen molar-refractivity contribution in [2.45, 2.75) is 20.8 Å². The molecule has 0 saturated carbocycles. The fourth-order valence-corrected chi connectivity index (χ4v) is 5.08. The lowest BCUT2D eigenvalue weighted by Crippen LogP contribution is -2.31. The van der Waals surface area contributed by atoms with Crippen LogP contribution in [0.5, 0.6) is 0 Å². The Bertz CT molecular complexity index is 1690. The van der Waals surface area contributed by atoms with Crippen LogP contribution in [0, 0.1) is 20.8 Å². The first kappa shape index (κ1) is 19.8. The lowest BCUT2D eigenvalue weighted by atomic mass is 9.96. The van der Waals surface area contributed by atoms with E-state index in [0.717, 1.165) is 27.8 Å². The number of rotatable bonds is 2. The normalized spacial score (nSPS) is 11.6. The van der Waals surface area contributed by atoms with Crippen molar-refractivity contribution >= 4 is 32.7 Å². The van der Waals surface area contributed by atoms with E-state index < -0.39 is 0 Å². The average molecular weight is 429 g/mol. The van der Waals surface area contributed by atoms with Gasteiger partial charge in [-0.15, -0.1) is 0 Å². The lowest BCUT2D eigenvalue weighted by molar-refractivity contribution is -0.660. The van der Waals surface area contributed by atoms with Gasteiger partial charge in [0.25, 0.3) is 0 Å². The smallest absolute Gasteiger partial charge is 0.216 e. The molecule has 0 atom stereocenters. The summed E-state index contributed by atoms with van der Waals surface area (Å²) >= 11 is 0. The minimum atomic E-state index is 0.936. The van der Waals surface area contributed by atoms with Crippen molar-refractivity contribution in [3.8, 4) is 22.4 Å². The lowest BCUT2D eigenvalue weighted by Gasteiger charge is -2.10. The molecule has 6 aromatic rings. The van der Waals surface area contributed by atoms with Gasteiger partial charge < -0.3 is 4.42 Å². The van der Waals surface area contributed by atoms with Crippen molar-refractivity contribution in [1.29, 1.82) is 0 Å². The van der Waals surface area contributed by atoms with Crippen LogP contribution in [-0.2, 0) is 7.05 Å². The Balaban J connectivity index is 1.66. The van der Waals surface area contributed by atoms with Gasteiger partial charge in [0, 0.05) is 22.4 Å². The van der Waals surface area contributed by atoms with Crippen LogP contribution < -0.4 is 4.57 Å². The highest BCUT2D eigenvalue weighted by atomic mass is 16.3. The molecular formula is C31H26NO+. The summed E-state index contributed by atoms with van der Waals surface area (Å²) in [5.74, 6) is 0. The second-order valence-electron chi connectivity index (χ2n) is 9.17. The van der Waals surface area contributed by atoms with Gasteiger partial charge in [-0.25, -0.2) is 4.57 Å². The van der Waals surface area contributed by atoms with Crippen molar-refractivity contribution in [3.05, 3.63) is 102 Å². The summed E-state index contributed by atoms with van der Waals surface area (Å²) in [7, 11) is 2.12. The third kappa shape index (κ3) is 3.14. The average Bonchev–Trinajstić information content (AvgIpc) is 3.16. The van der Waals surface area contributed by atoms with Gasteiger partial charge in [0.15, 0.2) is 6.20 Å². The molecule has 160 valence electrons. The molecule has 6 rings (SSSR count). The molecule has 0 radical (unpaired) electrons. The number of hydrogen-bond donors (Lipinski definition) is 0. The Labute approximate surface area is 193 Å². The van der Waals surface area contributed by atoms with Gasteiger partial charge in [-0.2, -0.15) is 0 Å². The van der Waals surface area contributed by atoms with E-state index in [-0.39, 0.29) is 0 Å². The molecule has 4 aromatic carbocycles. The summed E-state index contributed by atoms with van der Waals surface area (Å²) in [4.78, 5) is 0. The number of pyridine rings is 1. The highest BCUT2D eigenvalue weighted by Gasteiger charge is 2.22. The molecule has 0 aliphatic carbocycles. The molecule has 0 saturated heterocycles. The first-order valence-corrected chi connectivity index (χ1v) is 11.4. The van der Waals surface area contributed by atoms with Gasteiger partial charge in [0.1, 0.15) is 18.2 Å². The van der Waals surface area contributed by atoms with Crippen molar-refractivity contribution in [1.82, 2.24) is 0 Å². The molecular weight excluding hydrogens is 402 g/mol. The Morgan fingerprint density at radius 3 is 2.33 bits per heavy atom. The number of furan rings is 1. The summed E-state index contributed by atoms with van der Waals surface area (Å²) in [6.45, 7) is 6.48. The predicted molar refractivity (Wildman–Crippen MR) is 137 cm³/mol. The molecule has 2 aromatic heterocycles. The maximum Gasteiger partial charge on any atom is 0.216 e. The SMILES string of the molecule is Cc1ccc2cc3oc4c(-c5cc(-c6ccccc6)c(C)c[n+]5C)c(C)ccc4c3cc2c1. The van der Waals surface area contributed by atoms with Gasteiger partial charge in [0.05, 0.1) is 5.56 Å². The summed E-state index contributed by atoms with van der Waals surface area (Å²) in [5, 5.41) is 4.79. The minimum Gasteiger partial charge on any atom is -0.455 e. The van der Waals surface area contributed by atoms with Crippen LogP contribution in [0.25, 0.3) is 55.1 Å². The van der Waals surface area contributed by atoms with Crippen LogP contribution in [-0.4, -0.2) is 0 Å². The van der Waals surface area contributed by atoms with Crippen LogP contribution >= 0.6 is 0 Å². The van der Waals surface area contributed by atoms with E-state index >= 15 is 0 Å². The number of aromatic nitrogens is 1. The third-order valence-electron chi connectivity index (χ3n) is 6.78. The molecule has 2 heterocycles. The number of hydrogen-bond acceptors (Lipinski definition) is 1. The summed E-state index contributed by atoms with van der Waals surface area (Å²) in [5.41, 5.74) is 10.4. The highest BCUT2D eigenvalue weighted by molar-refractivity contribution is 6.13. The van der Waals surface area contributed by atoms with E-state index in [0.29, 0.717) is 0 Å². The molecule has 0 spiro atoms. The van der Waals surface area contributed by atoms with Crippen molar-refractivity contribution < 1.29 is 8.98 Å². The van der Waals surface area contributed by atoms with Gasteiger partial charge in [-0.3, -0.25) is 0 Å². The van der Waals surface area contributed by atoms with E-state index in [1.807, 2.05) is 0 Å². The monoisotopic (exact) mass is 428 g/mol. The zero-order valence-corrected chi connectivity index (χ0v) is 19.4. The second kappa shape index (κ2) is 7.31. The Morgan fingerprint density at radius 2 is 1.52 bits per heavy atom. The van der Waals surface area contributed by atoms with E-state index in [1.54, 1.807) is 0 Å². The Kier molecular flexibility index (Phi) is 4.38. The number of benzene rings is 4.